The second-order valence-corrected chi connectivity index (χ2v) is 2.99. The standard InChI is InChI=1S/C7H4N2O.C4H10/c10-7-8-5-3-1-2-4-6(5)9-7;1-3-4-2/h1-4H;3-4H2,1-2H3. The number of hydrogen-bond acceptors (Lipinski definition) is 1. The van der Waals surface area contributed by atoms with Crippen molar-refractivity contribution in [3.05, 3.63) is 35.0 Å². The molecule has 0 aromatic heterocycles. The van der Waals surface area contributed by atoms with Gasteiger partial charge in [-0.2, -0.15) is 9.98 Å². The molecule has 0 radical (unpaired) electrons. The van der Waals surface area contributed by atoms with Crippen molar-refractivity contribution in [2.24, 2.45) is 9.98 Å². The fraction of sp³-hybridized carbons (Fsp3) is 0.364. The molecule has 0 spiro atoms. The summed E-state index contributed by atoms with van der Waals surface area (Å²) in [5, 5.41) is 1.35. The SMILES string of the molecule is CCCC.O=C1N=c2ccccc2=N1. The van der Waals surface area contributed by atoms with Crippen LogP contribution < -0.4 is 10.7 Å². The first-order chi connectivity index (χ1) is 6.77. The monoisotopic (exact) mass is 190 g/mol. The number of para-hydroxylation sites is 2. The summed E-state index contributed by atoms with van der Waals surface area (Å²) < 4.78 is 0. The lowest BCUT2D eigenvalue weighted by molar-refractivity contribution is 0.256. The number of benzene rings is 1. The number of rotatable bonds is 1. The lowest BCUT2D eigenvalue weighted by Crippen LogP contribution is -2.19. The molecule has 0 atom stereocenters. The lowest BCUT2D eigenvalue weighted by atomic mass is 10.3. The van der Waals surface area contributed by atoms with E-state index >= 15 is 0 Å². The van der Waals surface area contributed by atoms with Gasteiger partial charge in [-0.1, -0.05) is 38.8 Å². The predicted octanol–water partition coefficient (Wildman–Crippen LogP) is 1.87. The van der Waals surface area contributed by atoms with Gasteiger partial charge in [0.2, 0.25) is 0 Å². The minimum atomic E-state index is -0.402. The Kier molecular flexibility index (Phi) is 3.98. The summed E-state index contributed by atoms with van der Waals surface area (Å²) >= 11 is 0. The summed E-state index contributed by atoms with van der Waals surface area (Å²) in [4.78, 5) is 17.9. The maximum Gasteiger partial charge on any atom is 0.368 e. The lowest BCUT2D eigenvalue weighted by Gasteiger charge is -1.75. The number of hydrogen-bond donors (Lipinski definition) is 0. The van der Waals surface area contributed by atoms with Crippen molar-refractivity contribution >= 4 is 6.03 Å². The van der Waals surface area contributed by atoms with E-state index in [0.717, 1.165) is 0 Å². The third-order valence-electron chi connectivity index (χ3n) is 1.81. The Morgan fingerprint density at radius 1 is 1.00 bits per heavy atom. The Morgan fingerprint density at radius 2 is 1.43 bits per heavy atom. The van der Waals surface area contributed by atoms with Crippen molar-refractivity contribution in [2.75, 3.05) is 0 Å². The summed E-state index contributed by atoms with van der Waals surface area (Å²) in [7, 11) is 0. The van der Waals surface area contributed by atoms with Crippen molar-refractivity contribution in [1.29, 1.82) is 0 Å². The highest BCUT2D eigenvalue weighted by molar-refractivity contribution is 5.77. The second-order valence-electron chi connectivity index (χ2n) is 2.99. The first-order valence-corrected chi connectivity index (χ1v) is 4.84. The summed E-state index contributed by atoms with van der Waals surface area (Å²) in [6.07, 6.45) is 2.64. The predicted molar refractivity (Wildman–Crippen MR) is 54.7 cm³/mol. The Bertz CT molecular complexity index is 384. The highest BCUT2D eigenvalue weighted by Crippen LogP contribution is 1.83. The molecule has 0 bridgehead atoms. The average molecular weight is 190 g/mol. The van der Waals surface area contributed by atoms with Crippen molar-refractivity contribution in [2.45, 2.75) is 26.7 Å². The number of carbonyl (C=O) groups is 1. The first kappa shape index (κ1) is 10.6. The van der Waals surface area contributed by atoms with Gasteiger partial charge in [0.05, 0.1) is 10.7 Å². The van der Waals surface area contributed by atoms with Gasteiger partial charge in [-0.05, 0) is 12.1 Å². The van der Waals surface area contributed by atoms with Crippen molar-refractivity contribution in [1.82, 2.24) is 0 Å². The van der Waals surface area contributed by atoms with Crippen LogP contribution in [0.3, 0.4) is 0 Å². The molecule has 1 aliphatic rings. The molecular weight excluding hydrogens is 176 g/mol. The van der Waals surface area contributed by atoms with Crippen molar-refractivity contribution in [3.63, 3.8) is 0 Å². The summed E-state index contributed by atoms with van der Waals surface area (Å²) in [6.45, 7) is 4.36. The van der Waals surface area contributed by atoms with Gasteiger partial charge in [0.25, 0.3) is 0 Å². The van der Waals surface area contributed by atoms with Crippen LogP contribution in [0.5, 0.6) is 0 Å². The van der Waals surface area contributed by atoms with E-state index in [1.807, 2.05) is 12.1 Å². The van der Waals surface area contributed by atoms with Crippen LogP contribution in [0, 0.1) is 0 Å². The molecule has 1 aromatic rings. The van der Waals surface area contributed by atoms with E-state index in [2.05, 4.69) is 23.8 Å². The third-order valence-corrected chi connectivity index (χ3v) is 1.81. The van der Waals surface area contributed by atoms with Gasteiger partial charge in [0.15, 0.2) is 0 Å². The summed E-state index contributed by atoms with van der Waals surface area (Å²) in [6, 6.07) is 6.79. The minimum Gasteiger partial charge on any atom is -0.244 e. The highest BCUT2D eigenvalue weighted by atomic mass is 16.2. The molecule has 0 N–H and O–H groups in total. The minimum absolute atomic E-state index is 0.402. The molecule has 0 saturated heterocycles. The van der Waals surface area contributed by atoms with Gasteiger partial charge in [0, 0.05) is 0 Å². The molecule has 74 valence electrons. The van der Waals surface area contributed by atoms with Crippen LogP contribution in [0.15, 0.2) is 34.3 Å². The maximum atomic E-state index is 10.6. The number of urea groups is 1. The van der Waals surface area contributed by atoms with Gasteiger partial charge >= 0.3 is 6.03 Å². The number of fused-ring (bicyclic) bond motifs is 1. The Labute approximate surface area is 83.2 Å². The topological polar surface area (TPSA) is 41.8 Å². The van der Waals surface area contributed by atoms with Crippen LogP contribution >= 0.6 is 0 Å². The first-order valence-electron chi connectivity index (χ1n) is 4.84. The number of nitrogens with zero attached hydrogens (tertiary/aromatic N) is 2. The van der Waals surface area contributed by atoms with E-state index in [4.69, 9.17) is 0 Å². The molecule has 0 fully saturated rings. The highest BCUT2D eigenvalue weighted by Gasteiger charge is 2.01. The fourth-order valence-electron chi connectivity index (χ4n) is 0.884. The van der Waals surface area contributed by atoms with E-state index in [0.29, 0.717) is 10.7 Å². The maximum absolute atomic E-state index is 10.6. The van der Waals surface area contributed by atoms with Gasteiger partial charge in [-0.3, -0.25) is 0 Å². The van der Waals surface area contributed by atoms with Crippen LogP contribution in [0.1, 0.15) is 26.7 Å². The van der Waals surface area contributed by atoms with Crippen molar-refractivity contribution < 1.29 is 4.79 Å². The zero-order valence-electron chi connectivity index (χ0n) is 8.53. The van der Waals surface area contributed by atoms with Gasteiger partial charge in [-0.15, -0.1) is 0 Å². The Hall–Kier alpha value is -1.51. The molecule has 1 aliphatic heterocycles. The van der Waals surface area contributed by atoms with Crippen LogP contribution in [-0.4, -0.2) is 6.03 Å². The van der Waals surface area contributed by atoms with E-state index in [1.165, 1.54) is 12.8 Å². The molecule has 0 unspecified atom stereocenters. The fourth-order valence-corrected chi connectivity index (χ4v) is 0.884. The average Bonchev–Trinajstić information content (AvgIpc) is 2.58. The third kappa shape index (κ3) is 2.76. The molecule has 0 aliphatic carbocycles. The van der Waals surface area contributed by atoms with Gasteiger partial charge < -0.3 is 0 Å². The number of unbranched alkanes of at least 4 members (excludes halogenated alkanes) is 1. The molecular formula is C11H14N2O. The molecule has 3 heteroatoms. The number of amides is 2. The van der Waals surface area contributed by atoms with E-state index in [-0.39, 0.29) is 0 Å². The smallest absolute Gasteiger partial charge is 0.244 e. The molecule has 1 heterocycles. The van der Waals surface area contributed by atoms with E-state index in [1.54, 1.807) is 12.1 Å². The van der Waals surface area contributed by atoms with Gasteiger partial charge in [0.1, 0.15) is 0 Å². The van der Waals surface area contributed by atoms with Crippen molar-refractivity contribution in [3.8, 4) is 0 Å². The molecule has 2 rings (SSSR count). The molecule has 14 heavy (non-hydrogen) atoms. The Balaban J connectivity index is 0.000000213. The van der Waals surface area contributed by atoms with E-state index < -0.39 is 6.03 Å². The quantitative estimate of drug-likeness (QED) is 0.666. The van der Waals surface area contributed by atoms with Crippen LogP contribution in [0.25, 0.3) is 0 Å². The summed E-state index contributed by atoms with van der Waals surface area (Å²) in [5.41, 5.74) is 0. The van der Waals surface area contributed by atoms with Crippen LogP contribution in [0.4, 0.5) is 4.79 Å². The number of carbonyl (C=O) groups excluding carboxylic acids is 1. The van der Waals surface area contributed by atoms with Crippen LogP contribution in [0.2, 0.25) is 0 Å². The van der Waals surface area contributed by atoms with E-state index in [9.17, 15) is 4.79 Å². The largest absolute Gasteiger partial charge is 0.368 e. The van der Waals surface area contributed by atoms with Crippen LogP contribution in [-0.2, 0) is 0 Å². The van der Waals surface area contributed by atoms with Gasteiger partial charge in [-0.25, -0.2) is 4.79 Å². The summed E-state index contributed by atoms with van der Waals surface area (Å²) in [5.74, 6) is 0. The Morgan fingerprint density at radius 3 is 1.79 bits per heavy atom. The second kappa shape index (κ2) is 5.27. The zero-order chi connectivity index (χ0) is 10.4. The normalized spacial score (nSPS) is 12.0. The molecule has 2 amide bonds. The molecule has 1 aromatic carbocycles. The molecule has 3 nitrogen and oxygen atoms in total. The zero-order valence-corrected chi connectivity index (χ0v) is 8.53. The molecule has 0 saturated carbocycles.